The Kier molecular flexibility index (Phi) is 5.18. The van der Waals surface area contributed by atoms with E-state index in [0.29, 0.717) is 24.3 Å². The highest BCUT2D eigenvalue weighted by Crippen LogP contribution is 2.33. The number of amides is 1. The number of rotatable bonds is 5. The molecular weight excluding hydrogens is 248 g/mol. The molecule has 3 heteroatoms. The highest BCUT2D eigenvalue weighted by molar-refractivity contribution is 5.79. The summed E-state index contributed by atoms with van der Waals surface area (Å²) in [7, 11) is 0. The van der Waals surface area contributed by atoms with E-state index in [1.807, 2.05) is 17.9 Å². The average Bonchev–Trinajstić information content (AvgIpc) is 2.91. The number of benzene rings is 1. The molecule has 3 nitrogen and oxygen atoms in total. The first kappa shape index (κ1) is 15.0. The van der Waals surface area contributed by atoms with Gasteiger partial charge in [0.2, 0.25) is 5.91 Å². The van der Waals surface area contributed by atoms with Crippen molar-refractivity contribution >= 4 is 5.91 Å². The predicted octanol–water partition coefficient (Wildman–Crippen LogP) is 2.62. The van der Waals surface area contributed by atoms with Gasteiger partial charge in [-0.2, -0.15) is 0 Å². The van der Waals surface area contributed by atoms with Gasteiger partial charge in [0.1, 0.15) is 0 Å². The number of carbonyl (C=O) groups excluding carboxylic acids is 1. The van der Waals surface area contributed by atoms with E-state index in [4.69, 9.17) is 5.73 Å². The third kappa shape index (κ3) is 3.21. The van der Waals surface area contributed by atoms with Crippen LogP contribution in [0.15, 0.2) is 30.3 Å². The fourth-order valence-corrected chi connectivity index (χ4v) is 3.24. The topological polar surface area (TPSA) is 46.3 Å². The molecule has 0 saturated carbocycles. The zero-order valence-corrected chi connectivity index (χ0v) is 12.6. The van der Waals surface area contributed by atoms with Gasteiger partial charge in [-0.1, -0.05) is 50.6 Å². The molecule has 1 aromatic rings. The first-order valence-electron chi connectivity index (χ1n) is 7.71. The monoisotopic (exact) mass is 274 g/mol. The molecule has 20 heavy (non-hydrogen) atoms. The van der Waals surface area contributed by atoms with Crippen molar-refractivity contribution in [2.45, 2.75) is 32.6 Å². The molecule has 0 spiro atoms. The van der Waals surface area contributed by atoms with Crippen LogP contribution in [0, 0.1) is 11.8 Å². The van der Waals surface area contributed by atoms with Gasteiger partial charge in [-0.3, -0.25) is 4.79 Å². The lowest BCUT2D eigenvalue weighted by Crippen LogP contribution is -2.34. The normalized spacial score (nSPS) is 23.9. The van der Waals surface area contributed by atoms with Crippen molar-refractivity contribution in [1.82, 2.24) is 4.90 Å². The summed E-state index contributed by atoms with van der Waals surface area (Å²) in [6.07, 6.45) is 2.03. The molecule has 1 aliphatic heterocycles. The summed E-state index contributed by atoms with van der Waals surface area (Å²) in [5.74, 6) is 1.20. The molecule has 0 bridgehead atoms. The molecule has 1 fully saturated rings. The van der Waals surface area contributed by atoms with Crippen LogP contribution in [0.4, 0.5) is 0 Å². The van der Waals surface area contributed by atoms with Crippen LogP contribution in [-0.4, -0.2) is 30.4 Å². The summed E-state index contributed by atoms with van der Waals surface area (Å²) in [4.78, 5) is 14.5. The van der Waals surface area contributed by atoms with Crippen LogP contribution < -0.4 is 5.73 Å². The van der Waals surface area contributed by atoms with E-state index < -0.39 is 0 Å². The summed E-state index contributed by atoms with van der Waals surface area (Å²) >= 11 is 0. The van der Waals surface area contributed by atoms with Crippen LogP contribution in [0.2, 0.25) is 0 Å². The molecular formula is C17H26N2O. The maximum atomic E-state index is 12.5. The molecule has 1 saturated heterocycles. The van der Waals surface area contributed by atoms with Crippen LogP contribution in [-0.2, 0) is 4.79 Å². The third-order valence-electron chi connectivity index (χ3n) is 4.43. The van der Waals surface area contributed by atoms with Gasteiger partial charge in [0.15, 0.2) is 0 Å². The van der Waals surface area contributed by atoms with Crippen molar-refractivity contribution in [2.24, 2.45) is 17.6 Å². The maximum absolute atomic E-state index is 12.5. The summed E-state index contributed by atoms with van der Waals surface area (Å²) < 4.78 is 0. The number of likely N-dealkylation sites (tertiary alicyclic amines) is 1. The van der Waals surface area contributed by atoms with Gasteiger partial charge in [0.05, 0.1) is 0 Å². The van der Waals surface area contributed by atoms with Gasteiger partial charge in [-0.05, 0) is 24.4 Å². The molecule has 2 rings (SSSR count). The Morgan fingerprint density at radius 3 is 2.65 bits per heavy atom. The lowest BCUT2D eigenvalue weighted by molar-refractivity contribution is -0.134. The van der Waals surface area contributed by atoms with Gasteiger partial charge in [-0.25, -0.2) is 0 Å². The van der Waals surface area contributed by atoms with E-state index in [1.54, 1.807) is 0 Å². The molecule has 0 radical (unpaired) electrons. The standard InChI is InChI=1S/C17H26N2O/c1-3-7-13(2)17(20)19-11-15(10-18)16(12-19)14-8-5-4-6-9-14/h4-6,8-9,13,15-16H,3,7,10-12,18H2,1-2H3/t13?,15-,16+/m1/s1. The molecule has 1 aromatic carbocycles. The van der Waals surface area contributed by atoms with Crippen molar-refractivity contribution in [3.05, 3.63) is 35.9 Å². The summed E-state index contributed by atoms with van der Waals surface area (Å²) in [5.41, 5.74) is 7.23. The Morgan fingerprint density at radius 1 is 1.35 bits per heavy atom. The largest absolute Gasteiger partial charge is 0.341 e. The number of hydrogen-bond acceptors (Lipinski definition) is 2. The Morgan fingerprint density at radius 2 is 2.05 bits per heavy atom. The summed E-state index contributed by atoms with van der Waals surface area (Å²) in [6, 6.07) is 10.5. The molecule has 1 heterocycles. The minimum atomic E-state index is 0.132. The van der Waals surface area contributed by atoms with Crippen LogP contribution in [0.1, 0.15) is 38.2 Å². The van der Waals surface area contributed by atoms with Gasteiger partial charge in [0, 0.05) is 24.9 Å². The number of carbonyl (C=O) groups is 1. The summed E-state index contributed by atoms with van der Waals surface area (Å²) in [6.45, 7) is 6.44. The molecule has 1 unspecified atom stereocenters. The molecule has 2 N–H and O–H groups in total. The minimum absolute atomic E-state index is 0.132. The lowest BCUT2D eigenvalue weighted by atomic mass is 9.89. The van der Waals surface area contributed by atoms with Crippen LogP contribution in [0.3, 0.4) is 0 Å². The van der Waals surface area contributed by atoms with E-state index >= 15 is 0 Å². The average molecular weight is 274 g/mol. The smallest absolute Gasteiger partial charge is 0.225 e. The quantitative estimate of drug-likeness (QED) is 0.897. The molecule has 110 valence electrons. The molecule has 1 amide bonds. The fraction of sp³-hybridized carbons (Fsp3) is 0.588. The highest BCUT2D eigenvalue weighted by Gasteiger charge is 2.36. The van der Waals surface area contributed by atoms with Gasteiger partial charge in [-0.15, -0.1) is 0 Å². The van der Waals surface area contributed by atoms with Gasteiger partial charge in [0.25, 0.3) is 0 Å². The number of hydrogen-bond donors (Lipinski definition) is 1. The minimum Gasteiger partial charge on any atom is -0.341 e. The van der Waals surface area contributed by atoms with Crippen LogP contribution in [0.25, 0.3) is 0 Å². The Bertz CT molecular complexity index is 432. The molecule has 0 aromatic heterocycles. The molecule has 1 aliphatic rings. The van der Waals surface area contributed by atoms with Crippen molar-refractivity contribution in [2.75, 3.05) is 19.6 Å². The van der Waals surface area contributed by atoms with Crippen LogP contribution >= 0.6 is 0 Å². The SMILES string of the molecule is CCCC(C)C(=O)N1C[C@@H](CN)[C@H](c2ccccc2)C1. The van der Waals surface area contributed by atoms with E-state index in [1.165, 1.54) is 5.56 Å². The van der Waals surface area contributed by atoms with Crippen molar-refractivity contribution < 1.29 is 4.79 Å². The van der Waals surface area contributed by atoms with E-state index in [2.05, 4.69) is 31.2 Å². The first-order valence-corrected chi connectivity index (χ1v) is 7.71. The molecule has 3 atom stereocenters. The van der Waals surface area contributed by atoms with Crippen molar-refractivity contribution in [3.8, 4) is 0 Å². The third-order valence-corrected chi connectivity index (χ3v) is 4.43. The first-order chi connectivity index (χ1) is 9.67. The van der Waals surface area contributed by atoms with E-state index in [-0.39, 0.29) is 5.92 Å². The van der Waals surface area contributed by atoms with Gasteiger partial charge < -0.3 is 10.6 Å². The Balaban J connectivity index is 2.08. The van der Waals surface area contributed by atoms with Gasteiger partial charge >= 0.3 is 0 Å². The lowest BCUT2D eigenvalue weighted by Gasteiger charge is -2.20. The predicted molar refractivity (Wildman–Crippen MR) is 82.4 cm³/mol. The van der Waals surface area contributed by atoms with E-state index in [9.17, 15) is 4.79 Å². The van der Waals surface area contributed by atoms with Crippen molar-refractivity contribution in [1.29, 1.82) is 0 Å². The maximum Gasteiger partial charge on any atom is 0.225 e. The zero-order valence-electron chi connectivity index (χ0n) is 12.6. The number of nitrogens with two attached hydrogens (primary N) is 1. The second-order valence-electron chi connectivity index (χ2n) is 5.95. The second kappa shape index (κ2) is 6.89. The van der Waals surface area contributed by atoms with Crippen molar-refractivity contribution in [3.63, 3.8) is 0 Å². The highest BCUT2D eigenvalue weighted by atomic mass is 16.2. The Hall–Kier alpha value is -1.35. The number of nitrogens with zero attached hydrogens (tertiary/aromatic N) is 1. The second-order valence-corrected chi connectivity index (χ2v) is 5.95. The zero-order chi connectivity index (χ0) is 14.5. The fourth-order valence-electron chi connectivity index (χ4n) is 3.24. The Labute approximate surface area is 122 Å². The summed E-state index contributed by atoms with van der Waals surface area (Å²) in [5, 5.41) is 0. The van der Waals surface area contributed by atoms with E-state index in [0.717, 1.165) is 25.9 Å². The van der Waals surface area contributed by atoms with Crippen LogP contribution in [0.5, 0.6) is 0 Å². The molecule has 0 aliphatic carbocycles.